The molecule has 70 valence electrons. The van der Waals surface area contributed by atoms with Gasteiger partial charge in [0, 0.05) is 5.56 Å². The summed E-state index contributed by atoms with van der Waals surface area (Å²) < 4.78 is 0. The molecule has 0 aliphatic carbocycles. The molecule has 0 saturated carbocycles. The predicted molar refractivity (Wildman–Crippen MR) is 51.5 cm³/mol. The topological polar surface area (TPSA) is 52.8 Å². The highest BCUT2D eigenvalue weighted by atomic mass is 16.4. The van der Waals surface area contributed by atoms with Crippen LogP contribution in [0.5, 0.6) is 5.75 Å². The van der Waals surface area contributed by atoms with Crippen molar-refractivity contribution in [1.29, 1.82) is 0 Å². The zero-order chi connectivity index (χ0) is 9.84. The number of aromatic hydroxyl groups is 1. The molecule has 0 heterocycles. The molecule has 0 unspecified atom stereocenters. The van der Waals surface area contributed by atoms with Crippen LogP contribution in [-0.4, -0.2) is 16.0 Å². The van der Waals surface area contributed by atoms with Gasteiger partial charge in [-0.3, -0.25) is 0 Å². The third kappa shape index (κ3) is 1.99. The molecule has 0 bridgehead atoms. The van der Waals surface area contributed by atoms with Gasteiger partial charge < -0.3 is 10.3 Å². The molecule has 0 aromatic heterocycles. The first kappa shape index (κ1) is 9.58. The van der Waals surface area contributed by atoms with Crippen LogP contribution in [0, 0.1) is 6.92 Å². The van der Waals surface area contributed by atoms with Gasteiger partial charge in [-0.25, -0.2) is 0 Å². The maximum Gasteiger partial charge on any atom is 0.124 e. The Morgan fingerprint density at radius 1 is 1.46 bits per heavy atom. The summed E-state index contributed by atoms with van der Waals surface area (Å²) in [5, 5.41) is 21.3. The van der Waals surface area contributed by atoms with Crippen LogP contribution in [0.4, 0.5) is 0 Å². The number of hydrogen-bond donors (Lipinski definition) is 2. The number of benzene rings is 1. The van der Waals surface area contributed by atoms with E-state index in [1.807, 2.05) is 19.9 Å². The highest BCUT2D eigenvalue weighted by Crippen LogP contribution is 2.20. The van der Waals surface area contributed by atoms with E-state index in [0.717, 1.165) is 5.56 Å². The van der Waals surface area contributed by atoms with E-state index in [1.54, 1.807) is 12.1 Å². The first-order valence-corrected chi connectivity index (χ1v) is 4.20. The monoisotopic (exact) mass is 179 g/mol. The fourth-order valence-corrected chi connectivity index (χ4v) is 1.20. The molecule has 0 aliphatic heterocycles. The minimum Gasteiger partial charge on any atom is -0.507 e. The van der Waals surface area contributed by atoms with E-state index in [4.69, 9.17) is 5.21 Å². The van der Waals surface area contributed by atoms with E-state index in [0.29, 0.717) is 17.7 Å². The van der Waals surface area contributed by atoms with Gasteiger partial charge in [-0.2, -0.15) is 0 Å². The molecular weight excluding hydrogens is 166 g/mol. The van der Waals surface area contributed by atoms with Gasteiger partial charge in [0.1, 0.15) is 5.75 Å². The van der Waals surface area contributed by atoms with Crippen molar-refractivity contribution >= 4 is 5.71 Å². The molecule has 3 nitrogen and oxygen atoms in total. The zero-order valence-electron chi connectivity index (χ0n) is 7.78. The maximum absolute atomic E-state index is 9.48. The molecule has 1 aromatic rings. The lowest BCUT2D eigenvalue weighted by molar-refractivity contribution is 0.318. The number of phenols is 1. The zero-order valence-corrected chi connectivity index (χ0v) is 7.78. The highest BCUT2D eigenvalue weighted by Gasteiger charge is 2.07. The molecule has 0 aliphatic rings. The van der Waals surface area contributed by atoms with Crippen molar-refractivity contribution in [2.24, 2.45) is 5.16 Å². The van der Waals surface area contributed by atoms with Crippen molar-refractivity contribution in [3.8, 4) is 5.75 Å². The maximum atomic E-state index is 9.48. The Balaban J connectivity index is 3.19. The Kier molecular flexibility index (Phi) is 2.90. The summed E-state index contributed by atoms with van der Waals surface area (Å²) in [5.74, 6) is 0.153. The molecule has 0 spiro atoms. The molecule has 0 saturated heterocycles. The van der Waals surface area contributed by atoms with Gasteiger partial charge >= 0.3 is 0 Å². The van der Waals surface area contributed by atoms with Crippen molar-refractivity contribution in [3.63, 3.8) is 0 Å². The molecule has 3 heteroatoms. The molecule has 1 aromatic carbocycles. The number of hydrogen-bond acceptors (Lipinski definition) is 3. The second kappa shape index (κ2) is 3.94. The van der Waals surface area contributed by atoms with E-state index in [1.165, 1.54) is 0 Å². The van der Waals surface area contributed by atoms with Crippen molar-refractivity contribution in [1.82, 2.24) is 0 Å². The number of nitrogens with zero attached hydrogens (tertiary/aromatic N) is 1. The summed E-state index contributed by atoms with van der Waals surface area (Å²) in [6.07, 6.45) is 0.591. The van der Waals surface area contributed by atoms with Crippen molar-refractivity contribution in [2.75, 3.05) is 0 Å². The van der Waals surface area contributed by atoms with Crippen molar-refractivity contribution < 1.29 is 10.3 Å². The number of aryl methyl sites for hydroxylation is 1. The van der Waals surface area contributed by atoms with Crippen LogP contribution < -0.4 is 0 Å². The largest absolute Gasteiger partial charge is 0.507 e. The van der Waals surface area contributed by atoms with Gasteiger partial charge in [0.15, 0.2) is 0 Å². The van der Waals surface area contributed by atoms with Gasteiger partial charge in [0.2, 0.25) is 0 Å². The standard InChI is InChI=1S/C10H13NO2/c1-3-9(11-13)8-6-7(2)4-5-10(8)12/h4-6,12-13H,3H2,1-2H3/b11-9-. The van der Waals surface area contributed by atoms with Gasteiger partial charge in [-0.05, 0) is 25.5 Å². The number of phenolic OH excluding ortho intramolecular Hbond substituents is 1. The summed E-state index contributed by atoms with van der Waals surface area (Å²) in [7, 11) is 0. The first-order chi connectivity index (χ1) is 6.19. The summed E-state index contributed by atoms with van der Waals surface area (Å²) in [6, 6.07) is 5.21. The lowest BCUT2D eigenvalue weighted by Crippen LogP contribution is -1.99. The lowest BCUT2D eigenvalue weighted by atomic mass is 10.0. The van der Waals surface area contributed by atoms with Gasteiger partial charge in [-0.15, -0.1) is 0 Å². The fraction of sp³-hybridized carbons (Fsp3) is 0.300. The third-order valence-electron chi connectivity index (χ3n) is 1.92. The minimum absolute atomic E-state index is 0.153. The van der Waals surface area contributed by atoms with E-state index >= 15 is 0 Å². The Labute approximate surface area is 77.3 Å². The van der Waals surface area contributed by atoms with Crippen LogP contribution in [0.1, 0.15) is 24.5 Å². The Hall–Kier alpha value is -1.51. The molecule has 1 rings (SSSR count). The summed E-state index contributed by atoms with van der Waals surface area (Å²) in [6.45, 7) is 3.80. The molecule has 13 heavy (non-hydrogen) atoms. The quantitative estimate of drug-likeness (QED) is 0.415. The molecule has 2 N–H and O–H groups in total. The Bertz CT molecular complexity index is 332. The van der Waals surface area contributed by atoms with Crippen LogP contribution in [0.25, 0.3) is 0 Å². The lowest BCUT2D eigenvalue weighted by Gasteiger charge is -2.05. The average Bonchev–Trinajstić information content (AvgIpc) is 2.13. The Morgan fingerprint density at radius 2 is 2.15 bits per heavy atom. The van der Waals surface area contributed by atoms with E-state index in [2.05, 4.69) is 5.16 Å². The van der Waals surface area contributed by atoms with Crippen molar-refractivity contribution in [2.45, 2.75) is 20.3 Å². The van der Waals surface area contributed by atoms with E-state index < -0.39 is 0 Å². The summed E-state index contributed by atoms with van der Waals surface area (Å²) in [4.78, 5) is 0. The third-order valence-corrected chi connectivity index (χ3v) is 1.92. The van der Waals surface area contributed by atoms with Crippen molar-refractivity contribution in [3.05, 3.63) is 29.3 Å². The molecule has 0 atom stereocenters. The van der Waals surface area contributed by atoms with Gasteiger partial charge in [0.05, 0.1) is 5.71 Å². The number of oxime groups is 1. The first-order valence-electron chi connectivity index (χ1n) is 4.20. The van der Waals surface area contributed by atoms with E-state index in [9.17, 15) is 5.11 Å². The summed E-state index contributed by atoms with van der Waals surface area (Å²) >= 11 is 0. The van der Waals surface area contributed by atoms with Crippen LogP contribution in [0.3, 0.4) is 0 Å². The van der Waals surface area contributed by atoms with Gasteiger partial charge in [0.25, 0.3) is 0 Å². The Morgan fingerprint density at radius 3 is 2.69 bits per heavy atom. The fourth-order valence-electron chi connectivity index (χ4n) is 1.20. The molecule has 0 radical (unpaired) electrons. The molecular formula is C10H13NO2. The van der Waals surface area contributed by atoms with Gasteiger partial charge in [-0.1, -0.05) is 23.7 Å². The normalized spacial score (nSPS) is 11.7. The number of rotatable bonds is 2. The minimum atomic E-state index is 0.153. The second-order valence-corrected chi connectivity index (χ2v) is 2.92. The second-order valence-electron chi connectivity index (χ2n) is 2.92. The van der Waals surface area contributed by atoms with Crippen LogP contribution in [-0.2, 0) is 0 Å². The van der Waals surface area contributed by atoms with Crippen LogP contribution in [0.15, 0.2) is 23.4 Å². The molecule has 0 fully saturated rings. The molecule has 0 amide bonds. The predicted octanol–water partition coefficient (Wildman–Crippen LogP) is 2.29. The van der Waals surface area contributed by atoms with Crippen LogP contribution >= 0.6 is 0 Å². The van der Waals surface area contributed by atoms with Crippen LogP contribution in [0.2, 0.25) is 0 Å². The van der Waals surface area contributed by atoms with E-state index in [-0.39, 0.29) is 5.75 Å². The SMILES string of the molecule is CC/C(=N/O)c1cc(C)ccc1O. The average molecular weight is 179 g/mol. The smallest absolute Gasteiger partial charge is 0.124 e. The summed E-state index contributed by atoms with van der Waals surface area (Å²) in [5.41, 5.74) is 2.13. The highest BCUT2D eigenvalue weighted by molar-refractivity contribution is 6.02.